The summed E-state index contributed by atoms with van der Waals surface area (Å²) in [6.45, 7) is 2.07. The quantitative estimate of drug-likeness (QED) is 0.411. The van der Waals surface area contributed by atoms with E-state index in [1.54, 1.807) is 23.9 Å². The van der Waals surface area contributed by atoms with E-state index >= 15 is 0 Å². The summed E-state index contributed by atoms with van der Waals surface area (Å²) in [5, 5.41) is 9.26. The second-order valence-corrected chi connectivity index (χ2v) is 7.39. The first-order valence-corrected chi connectivity index (χ1v) is 10.3. The lowest BCUT2D eigenvalue weighted by Crippen LogP contribution is -2.01. The molecule has 0 radical (unpaired) electrons. The van der Waals surface area contributed by atoms with Gasteiger partial charge in [0, 0.05) is 22.2 Å². The lowest BCUT2D eigenvalue weighted by Gasteiger charge is -2.15. The number of anilines is 1. The van der Waals surface area contributed by atoms with E-state index in [0.717, 1.165) is 28.3 Å². The second kappa shape index (κ2) is 8.38. The molecule has 1 aromatic heterocycles. The van der Waals surface area contributed by atoms with Crippen LogP contribution in [-0.2, 0) is 6.42 Å². The molecule has 0 aliphatic heterocycles. The van der Waals surface area contributed by atoms with Crippen LogP contribution in [0.4, 0.5) is 5.69 Å². The Kier molecular flexibility index (Phi) is 5.96. The molecule has 0 aliphatic rings. The largest absolute Gasteiger partial charge is 0.478 e. The van der Waals surface area contributed by atoms with Crippen molar-refractivity contribution in [1.29, 1.82) is 0 Å². The molecule has 3 aromatic rings. The van der Waals surface area contributed by atoms with Crippen molar-refractivity contribution in [2.24, 2.45) is 0 Å². The van der Waals surface area contributed by atoms with Crippen LogP contribution in [0.25, 0.3) is 5.69 Å². The van der Waals surface area contributed by atoms with Crippen LogP contribution in [0.2, 0.25) is 0 Å². The van der Waals surface area contributed by atoms with Crippen LogP contribution in [0.15, 0.2) is 70.7 Å². The van der Waals surface area contributed by atoms with Crippen molar-refractivity contribution in [1.82, 2.24) is 4.57 Å². The van der Waals surface area contributed by atoms with Crippen molar-refractivity contribution in [2.75, 3.05) is 11.0 Å². The summed E-state index contributed by atoms with van der Waals surface area (Å²) < 4.78 is 5.48. The van der Waals surface area contributed by atoms with Gasteiger partial charge in [0.1, 0.15) is 0 Å². The topological polar surface area (TPSA) is 54.3 Å². The Balaban J connectivity index is 1.92. The zero-order valence-electron chi connectivity index (χ0n) is 14.6. The molecular formula is C20H20N2O2S2. The summed E-state index contributed by atoms with van der Waals surface area (Å²) in [5.41, 5.74) is 3.46. The molecule has 0 spiro atoms. The van der Waals surface area contributed by atoms with Gasteiger partial charge in [-0.2, -0.15) is 0 Å². The zero-order chi connectivity index (χ0) is 18.5. The third kappa shape index (κ3) is 4.08. The van der Waals surface area contributed by atoms with Crippen LogP contribution < -0.4 is 4.72 Å². The van der Waals surface area contributed by atoms with E-state index in [1.807, 2.05) is 36.8 Å². The van der Waals surface area contributed by atoms with Gasteiger partial charge in [-0.15, -0.1) is 11.8 Å². The van der Waals surface area contributed by atoms with E-state index in [0.29, 0.717) is 5.56 Å². The Morgan fingerprint density at radius 1 is 1.15 bits per heavy atom. The molecule has 26 heavy (non-hydrogen) atoms. The highest BCUT2D eigenvalue weighted by Crippen LogP contribution is 2.32. The number of rotatable bonds is 7. The first-order valence-electron chi connectivity index (χ1n) is 8.23. The number of carbonyl (C=O) groups is 1. The molecular weight excluding hydrogens is 364 g/mol. The summed E-state index contributed by atoms with van der Waals surface area (Å²) in [6, 6.07) is 15.5. The summed E-state index contributed by atoms with van der Waals surface area (Å²) in [6.07, 6.45) is 6.91. The van der Waals surface area contributed by atoms with Crippen molar-refractivity contribution in [3.63, 3.8) is 0 Å². The summed E-state index contributed by atoms with van der Waals surface area (Å²) in [5.74, 6) is -0.910. The molecule has 0 aliphatic carbocycles. The van der Waals surface area contributed by atoms with E-state index in [9.17, 15) is 9.90 Å². The van der Waals surface area contributed by atoms with Crippen molar-refractivity contribution >= 4 is 35.4 Å². The van der Waals surface area contributed by atoms with Gasteiger partial charge in [-0.05, 0) is 72.7 Å². The molecule has 0 fully saturated rings. The summed E-state index contributed by atoms with van der Waals surface area (Å²) >= 11 is 3.14. The third-order valence-corrected chi connectivity index (χ3v) is 5.70. The van der Waals surface area contributed by atoms with Gasteiger partial charge in [-0.25, -0.2) is 4.79 Å². The number of carboxylic acid groups (broad SMARTS) is 1. The minimum absolute atomic E-state index is 0.301. The maximum atomic E-state index is 11.3. The van der Waals surface area contributed by atoms with Crippen molar-refractivity contribution < 1.29 is 9.90 Å². The standard InChI is InChI=1S/C20H20N2O2S2/c1-3-14-6-7-15(20(23)24)12-19(14)26-21-17-13-16(25-2)8-9-18(17)22-10-4-5-11-22/h4-13,21H,3H2,1-2H3,(H,23,24). The molecule has 0 amide bonds. The Morgan fingerprint density at radius 2 is 1.92 bits per heavy atom. The number of thioether (sulfide) groups is 1. The van der Waals surface area contributed by atoms with Crippen LogP contribution in [0, 0.1) is 0 Å². The molecule has 1 heterocycles. The van der Waals surface area contributed by atoms with E-state index in [-0.39, 0.29) is 0 Å². The monoisotopic (exact) mass is 384 g/mol. The average Bonchev–Trinajstić information content (AvgIpc) is 3.20. The Labute approximate surface area is 161 Å². The molecule has 6 heteroatoms. The minimum Gasteiger partial charge on any atom is -0.478 e. The number of nitrogens with one attached hydrogen (secondary N) is 1. The zero-order valence-corrected chi connectivity index (χ0v) is 16.2. The predicted molar refractivity (Wildman–Crippen MR) is 110 cm³/mol. The fraction of sp³-hybridized carbons (Fsp3) is 0.150. The fourth-order valence-electron chi connectivity index (χ4n) is 2.63. The van der Waals surface area contributed by atoms with E-state index in [2.05, 4.69) is 34.4 Å². The fourth-order valence-corrected chi connectivity index (χ4v) is 3.98. The highest BCUT2D eigenvalue weighted by molar-refractivity contribution is 8.00. The first kappa shape index (κ1) is 18.5. The van der Waals surface area contributed by atoms with Gasteiger partial charge in [-0.3, -0.25) is 0 Å². The lowest BCUT2D eigenvalue weighted by molar-refractivity contribution is 0.0696. The Bertz CT molecular complexity index is 908. The van der Waals surface area contributed by atoms with Crippen LogP contribution in [0.5, 0.6) is 0 Å². The minimum atomic E-state index is -0.910. The molecule has 0 unspecified atom stereocenters. The van der Waals surface area contributed by atoms with Crippen molar-refractivity contribution in [2.45, 2.75) is 23.1 Å². The SMILES string of the molecule is CCc1ccc(C(=O)O)cc1SNc1cc(SC)ccc1-n1cccc1. The van der Waals surface area contributed by atoms with Gasteiger partial charge in [0.25, 0.3) is 0 Å². The normalized spacial score (nSPS) is 10.7. The van der Waals surface area contributed by atoms with Crippen molar-refractivity contribution in [3.05, 3.63) is 72.1 Å². The van der Waals surface area contributed by atoms with Gasteiger partial charge < -0.3 is 14.4 Å². The van der Waals surface area contributed by atoms with E-state index in [1.165, 1.54) is 16.8 Å². The van der Waals surface area contributed by atoms with Crippen molar-refractivity contribution in [3.8, 4) is 5.69 Å². The van der Waals surface area contributed by atoms with Crippen LogP contribution >= 0.6 is 23.7 Å². The number of nitrogens with zero attached hydrogens (tertiary/aromatic N) is 1. The maximum absolute atomic E-state index is 11.3. The Morgan fingerprint density at radius 3 is 2.58 bits per heavy atom. The number of hydrogen-bond donors (Lipinski definition) is 2. The number of carboxylic acids is 1. The van der Waals surface area contributed by atoms with Gasteiger partial charge in [0.15, 0.2) is 0 Å². The van der Waals surface area contributed by atoms with Gasteiger partial charge in [0.05, 0.1) is 16.9 Å². The van der Waals surface area contributed by atoms with E-state index in [4.69, 9.17) is 0 Å². The second-order valence-electron chi connectivity index (χ2n) is 5.66. The lowest BCUT2D eigenvalue weighted by atomic mass is 10.1. The van der Waals surface area contributed by atoms with Gasteiger partial charge in [0.2, 0.25) is 0 Å². The molecule has 4 nitrogen and oxygen atoms in total. The van der Waals surface area contributed by atoms with Gasteiger partial charge >= 0.3 is 5.97 Å². The molecule has 134 valence electrons. The molecule has 0 bridgehead atoms. The number of hydrogen-bond acceptors (Lipinski definition) is 4. The number of aromatic carboxylic acids is 1. The maximum Gasteiger partial charge on any atom is 0.335 e. The first-order chi connectivity index (χ1) is 12.6. The highest BCUT2D eigenvalue weighted by atomic mass is 32.2. The third-order valence-electron chi connectivity index (χ3n) is 4.05. The highest BCUT2D eigenvalue weighted by Gasteiger charge is 2.11. The predicted octanol–water partition coefficient (Wildman–Crippen LogP) is 5.58. The molecule has 0 saturated carbocycles. The number of benzene rings is 2. The molecule has 2 aromatic carbocycles. The van der Waals surface area contributed by atoms with Crippen LogP contribution in [0.1, 0.15) is 22.8 Å². The smallest absolute Gasteiger partial charge is 0.335 e. The van der Waals surface area contributed by atoms with Crippen LogP contribution in [0.3, 0.4) is 0 Å². The van der Waals surface area contributed by atoms with Gasteiger partial charge in [-0.1, -0.05) is 13.0 Å². The van der Waals surface area contributed by atoms with E-state index < -0.39 is 5.97 Å². The molecule has 3 rings (SSSR count). The Hall–Kier alpha value is -2.31. The molecule has 0 saturated heterocycles. The average molecular weight is 385 g/mol. The van der Waals surface area contributed by atoms with Crippen LogP contribution in [-0.4, -0.2) is 21.9 Å². The molecule has 2 N–H and O–H groups in total. The number of aryl methyl sites for hydroxylation is 1. The number of aromatic nitrogens is 1. The summed E-state index contributed by atoms with van der Waals surface area (Å²) in [7, 11) is 0. The molecule has 0 atom stereocenters. The summed E-state index contributed by atoms with van der Waals surface area (Å²) in [4.78, 5) is 13.4.